The molecule has 6 nitrogen and oxygen atoms in total. The molecule has 27 heavy (non-hydrogen) atoms. The number of esters is 1. The Hall–Kier alpha value is -2.89. The molecule has 2 heterocycles. The van der Waals surface area contributed by atoms with Crippen molar-refractivity contribution in [3.8, 4) is 16.9 Å². The lowest BCUT2D eigenvalue weighted by atomic mass is 9.84. The van der Waals surface area contributed by atoms with Gasteiger partial charge in [-0.2, -0.15) is 5.10 Å². The van der Waals surface area contributed by atoms with Crippen molar-refractivity contribution in [3.05, 3.63) is 47.9 Å². The molecule has 0 amide bonds. The molecule has 0 spiro atoms. The molecule has 0 bridgehead atoms. The van der Waals surface area contributed by atoms with Crippen molar-refractivity contribution >= 4 is 11.6 Å². The topological polar surface area (TPSA) is 65.7 Å². The van der Waals surface area contributed by atoms with Crippen LogP contribution in [0.4, 0.5) is 0 Å². The molecule has 140 valence electrons. The molecule has 1 saturated carbocycles. The minimum Gasteiger partial charge on any atom is -0.497 e. The molecule has 4 rings (SSSR count). The molecule has 0 unspecified atom stereocenters. The monoisotopic (exact) mass is 365 g/mol. The maximum Gasteiger partial charge on any atom is 0.358 e. The number of carbonyl (C=O) groups is 1. The van der Waals surface area contributed by atoms with Crippen LogP contribution in [-0.2, 0) is 4.74 Å². The lowest BCUT2D eigenvalue weighted by Crippen LogP contribution is -2.13. The summed E-state index contributed by atoms with van der Waals surface area (Å²) in [7, 11) is 3.03. The Morgan fingerprint density at radius 1 is 1.11 bits per heavy atom. The number of methoxy groups -OCH3 is 2. The van der Waals surface area contributed by atoms with Crippen LogP contribution in [0.15, 0.2) is 36.5 Å². The van der Waals surface area contributed by atoms with E-state index in [0.717, 1.165) is 35.4 Å². The summed E-state index contributed by atoms with van der Waals surface area (Å²) in [4.78, 5) is 16.5. The van der Waals surface area contributed by atoms with Crippen LogP contribution in [0.2, 0.25) is 0 Å². The number of aromatic nitrogens is 3. The Morgan fingerprint density at radius 3 is 2.52 bits per heavy atom. The number of hydrogen-bond donors (Lipinski definition) is 0. The molecular formula is C21H23N3O3. The molecular weight excluding hydrogens is 342 g/mol. The molecule has 1 fully saturated rings. The first-order chi connectivity index (χ1) is 13.2. The van der Waals surface area contributed by atoms with E-state index in [4.69, 9.17) is 9.47 Å². The van der Waals surface area contributed by atoms with Crippen LogP contribution in [0, 0.1) is 0 Å². The Labute approximate surface area is 158 Å². The van der Waals surface area contributed by atoms with Gasteiger partial charge in [-0.3, -0.25) is 0 Å². The summed E-state index contributed by atoms with van der Waals surface area (Å²) in [6, 6.07) is 9.67. The lowest BCUT2D eigenvalue weighted by molar-refractivity contribution is 0.0593. The minimum atomic E-state index is -0.443. The lowest BCUT2D eigenvalue weighted by Gasteiger charge is -2.24. The van der Waals surface area contributed by atoms with Gasteiger partial charge in [0, 0.05) is 23.7 Å². The Balaban J connectivity index is 1.89. The van der Waals surface area contributed by atoms with Gasteiger partial charge in [0.1, 0.15) is 5.75 Å². The zero-order valence-corrected chi connectivity index (χ0v) is 15.6. The molecule has 6 heteroatoms. The van der Waals surface area contributed by atoms with E-state index in [-0.39, 0.29) is 5.69 Å². The fourth-order valence-corrected chi connectivity index (χ4v) is 3.92. The highest BCUT2D eigenvalue weighted by atomic mass is 16.5. The van der Waals surface area contributed by atoms with Crippen LogP contribution in [0.3, 0.4) is 0 Å². The van der Waals surface area contributed by atoms with Crippen LogP contribution in [0.5, 0.6) is 5.75 Å². The molecule has 0 radical (unpaired) electrons. The molecule has 2 aromatic heterocycles. The number of benzene rings is 1. The van der Waals surface area contributed by atoms with E-state index in [1.54, 1.807) is 13.2 Å². The summed E-state index contributed by atoms with van der Waals surface area (Å²) in [5.74, 6) is 0.770. The maximum atomic E-state index is 12.0. The molecule has 1 aliphatic rings. The number of hydrogen-bond acceptors (Lipinski definition) is 5. The highest BCUT2D eigenvalue weighted by Gasteiger charge is 2.24. The van der Waals surface area contributed by atoms with E-state index < -0.39 is 5.97 Å². The van der Waals surface area contributed by atoms with Crippen molar-refractivity contribution in [1.29, 1.82) is 0 Å². The standard InChI is InChI=1S/C21H23N3O3/c1-26-16-10-8-14(9-11-16)17-13-22-19-12-18(21(25)27-2)23-24(19)20(17)15-6-4-3-5-7-15/h8-13,15H,3-7H2,1-2H3. The SMILES string of the molecule is COC(=O)c1cc2ncc(-c3ccc(OC)cc3)c(C3CCCCC3)n2n1. The van der Waals surface area contributed by atoms with E-state index in [0.29, 0.717) is 11.6 Å². The third kappa shape index (κ3) is 3.27. The van der Waals surface area contributed by atoms with Crippen molar-refractivity contribution in [2.24, 2.45) is 0 Å². The highest BCUT2D eigenvalue weighted by Crippen LogP contribution is 2.38. The van der Waals surface area contributed by atoms with E-state index >= 15 is 0 Å². The third-order valence-corrected chi connectivity index (χ3v) is 5.31. The van der Waals surface area contributed by atoms with Gasteiger partial charge in [0.05, 0.1) is 19.9 Å². The zero-order chi connectivity index (χ0) is 18.8. The summed E-state index contributed by atoms with van der Waals surface area (Å²) in [5.41, 5.74) is 4.21. The average molecular weight is 365 g/mol. The van der Waals surface area contributed by atoms with Crippen molar-refractivity contribution in [2.75, 3.05) is 14.2 Å². The summed E-state index contributed by atoms with van der Waals surface area (Å²) in [6.45, 7) is 0. The predicted octanol–water partition coefficient (Wildman–Crippen LogP) is 4.24. The van der Waals surface area contributed by atoms with Gasteiger partial charge in [0.15, 0.2) is 11.3 Å². The zero-order valence-electron chi connectivity index (χ0n) is 15.6. The minimum absolute atomic E-state index is 0.286. The molecule has 3 aromatic rings. The number of fused-ring (bicyclic) bond motifs is 1. The first-order valence-electron chi connectivity index (χ1n) is 9.32. The average Bonchev–Trinajstić information content (AvgIpc) is 3.17. The van der Waals surface area contributed by atoms with Gasteiger partial charge in [0.2, 0.25) is 0 Å². The molecule has 0 atom stereocenters. The Kier molecular flexibility index (Phi) is 4.79. The molecule has 0 aliphatic heterocycles. The van der Waals surface area contributed by atoms with Crippen molar-refractivity contribution in [1.82, 2.24) is 14.6 Å². The largest absolute Gasteiger partial charge is 0.497 e. The fourth-order valence-electron chi connectivity index (χ4n) is 3.92. The maximum absolute atomic E-state index is 12.0. The van der Waals surface area contributed by atoms with Gasteiger partial charge in [-0.05, 0) is 30.5 Å². The summed E-state index contributed by atoms with van der Waals surface area (Å²) < 4.78 is 11.9. The number of carbonyl (C=O) groups excluding carboxylic acids is 1. The highest BCUT2D eigenvalue weighted by molar-refractivity contribution is 5.88. The first kappa shape index (κ1) is 17.5. The van der Waals surface area contributed by atoms with Crippen LogP contribution < -0.4 is 4.74 Å². The van der Waals surface area contributed by atoms with Gasteiger partial charge in [0.25, 0.3) is 0 Å². The normalized spacial score (nSPS) is 15.0. The molecule has 1 aliphatic carbocycles. The number of rotatable bonds is 4. The second-order valence-electron chi connectivity index (χ2n) is 6.91. The Bertz CT molecular complexity index is 957. The van der Waals surface area contributed by atoms with E-state index in [2.05, 4.69) is 10.1 Å². The quantitative estimate of drug-likeness (QED) is 0.647. The van der Waals surface area contributed by atoms with Gasteiger partial charge >= 0.3 is 5.97 Å². The van der Waals surface area contributed by atoms with Crippen molar-refractivity contribution in [3.63, 3.8) is 0 Å². The number of ether oxygens (including phenoxy) is 2. The van der Waals surface area contributed by atoms with Crippen LogP contribution in [0.1, 0.15) is 54.2 Å². The second kappa shape index (κ2) is 7.39. The third-order valence-electron chi connectivity index (χ3n) is 5.31. The Morgan fingerprint density at radius 2 is 1.85 bits per heavy atom. The van der Waals surface area contributed by atoms with E-state index in [1.807, 2.05) is 35.0 Å². The van der Waals surface area contributed by atoms with Crippen LogP contribution >= 0.6 is 0 Å². The van der Waals surface area contributed by atoms with Crippen LogP contribution in [0.25, 0.3) is 16.8 Å². The van der Waals surface area contributed by atoms with E-state index in [9.17, 15) is 4.79 Å². The van der Waals surface area contributed by atoms with E-state index in [1.165, 1.54) is 26.4 Å². The summed E-state index contributed by atoms with van der Waals surface area (Å²) in [5, 5.41) is 4.53. The second-order valence-corrected chi connectivity index (χ2v) is 6.91. The molecule has 0 saturated heterocycles. The van der Waals surface area contributed by atoms with Gasteiger partial charge in [-0.1, -0.05) is 31.4 Å². The molecule has 1 aromatic carbocycles. The number of nitrogens with zero attached hydrogens (tertiary/aromatic N) is 3. The van der Waals surface area contributed by atoms with Gasteiger partial charge < -0.3 is 9.47 Å². The fraction of sp³-hybridized carbons (Fsp3) is 0.381. The van der Waals surface area contributed by atoms with Crippen LogP contribution in [-0.4, -0.2) is 34.8 Å². The smallest absolute Gasteiger partial charge is 0.358 e. The van der Waals surface area contributed by atoms with Crippen molar-refractivity contribution in [2.45, 2.75) is 38.0 Å². The van der Waals surface area contributed by atoms with Crippen molar-refractivity contribution < 1.29 is 14.3 Å². The predicted molar refractivity (Wildman–Crippen MR) is 102 cm³/mol. The van der Waals surface area contributed by atoms with Gasteiger partial charge in [-0.25, -0.2) is 14.3 Å². The molecule has 0 N–H and O–H groups in total. The first-order valence-corrected chi connectivity index (χ1v) is 9.32. The summed E-state index contributed by atoms with van der Waals surface area (Å²) >= 11 is 0. The van der Waals surface area contributed by atoms with Gasteiger partial charge in [-0.15, -0.1) is 0 Å². The summed E-state index contributed by atoms with van der Waals surface area (Å²) in [6.07, 6.45) is 7.83.